The fourth-order valence-corrected chi connectivity index (χ4v) is 6.10. The fraction of sp³-hybridized carbons (Fsp3) is 0.789. The molecule has 4 rings (SSSR count). The zero-order valence-corrected chi connectivity index (χ0v) is 13.4. The molecular weight excluding hydrogens is 260 g/mol. The molecule has 0 aliphatic heterocycles. The molecule has 0 unspecified atom stereocenters. The lowest BCUT2D eigenvalue weighted by Crippen LogP contribution is -2.57. The average Bonchev–Trinajstić information content (AvgIpc) is 2.82. The number of allylic oxidation sites excluding steroid dienone is 3. The summed E-state index contributed by atoms with van der Waals surface area (Å²) in [4.78, 5) is 0. The summed E-state index contributed by atoms with van der Waals surface area (Å²) in [6.07, 6.45) is 13.4. The van der Waals surface area contributed by atoms with Crippen LogP contribution in [0.2, 0.25) is 0 Å². The second-order valence-corrected chi connectivity index (χ2v) is 8.42. The molecule has 116 valence electrons. The first-order valence-corrected chi connectivity index (χ1v) is 8.74. The molecular formula is C19H28O2. The van der Waals surface area contributed by atoms with Crippen LogP contribution >= 0.6 is 0 Å². The largest absolute Gasteiger partial charge is 0.365 e. The van der Waals surface area contributed by atoms with Gasteiger partial charge < -0.3 is 10.2 Å². The van der Waals surface area contributed by atoms with Gasteiger partial charge in [0.15, 0.2) is 5.79 Å². The Morgan fingerprint density at radius 2 is 1.76 bits per heavy atom. The molecule has 0 aromatic rings. The van der Waals surface area contributed by atoms with E-state index in [-0.39, 0.29) is 0 Å². The van der Waals surface area contributed by atoms with Crippen LogP contribution < -0.4 is 0 Å². The maximum absolute atomic E-state index is 10.8. The van der Waals surface area contributed by atoms with Gasteiger partial charge >= 0.3 is 0 Å². The summed E-state index contributed by atoms with van der Waals surface area (Å²) in [7, 11) is 0. The first-order valence-electron chi connectivity index (χ1n) is 8.74. The van der Waals surface area contributed by atoms with Crippen LogP contribution in [0, 0.1) is 22.7 Å². The third-order valence-corrected chi connectivity index (χ3v) is 7.54. The summed E-state index contributed by atoms with van der Waals surface area (Å²) in [6, 6.07) is 0. The molecule has 0 spiro atoms. The Morgan fingerprint density at radius 3 is 2.57 bits per heavy atom. The van der Waals surface area contributed by atoms with Gasteiger partial charge in [0, 0.05) is 11.8 Å². The molecule has 0 bridgehead atoms. The Labute approximate surface area is 127 Å². The molecule has 0 radical (unpaired) electrons. The van der Waals surface area contributed by atoms with Crippen LogP contribution in [0.15, 0.2) is 23.3 Å². The molecule has 4 aliphatic rings. The molecule has 0 amide bonds. The molecule has 21 heavy (non-hydrogen) atoms. The maximum Gasteiger partial charge on any atom is 0.172 e. The molecule has 0 aromatic heterocycles. The van der Waals surface area contributed by atoms with Gasteiger partial charge in [0.1, 0.15) is 0 Å². The van der Waals surface area contributed by atoms with Gasteiger partial charge in [-0.3, -0.25) is 0 Å². The monoisotopic (exact) mass is 288 g/mol. The summed E-state index contributed by atoms with van der Waals surface area (Å²) in [5, 5.41) is 21.5. The van der Waals surface area contributed by atoms with Crippen molar-refractivity contribution >= 4 is 0 Å². The van der Waals surface area contributed by atoms with Crippen molar-refractivity contribution in [2.24, 2.45) is 22.7 Å². The van der Waals surface area contributed by atoms with E-state index in [0.717, 1.165) is 19.3 Å². The Hall–Kier alpha value is -0.600. The van der Waals surface area contributed by atoms with E-state index in [1.807, 2.05) is 0 Å². The molecule has 2 N–H and O–H groups in total. The molecule has 0 aromatic carbocycles. The molecule has 2 nitrogen and oxygen atoms in total. The van der Waals surface area contributed by atoms with E-state index in [1.165, 1.54) is 36.8 Å². The highest BCUT2D eigenvalue weighted by atomic mass is 16.5. The van der Waals surface area contributed by atoms with E-state index in [2.05, 4.69) is 26.0 Å². The van der Waals surface area contributed by atoms with E-state index >= 15 is 0 Å². The Morgan fingerprint density at radius 1 is 0.952 bits per heavy atom. The van der Waals surface area contributed by atoms with Crippen molar-refractivity contribution in [1.29, 1.82) is 0 Å². The fourth-order valence-electron chi connectivity index (χ4n) is 6.10. The lowest BCUT2D eigenvalue weighted by atomic mass is 9.50. The lowest BCUT2D eigenvalue weighted by molar-refractivity contribution is -0.254. The highest BCUT2D eigenvalue weighted by Crippen LogP contribution is 2.64. The Bertz CT molecular complexity index is 530. The van der Waals surface area contributed by atoms with Crippen molar-refractivity contribution in [3.63, 3.8) is 0 Å². The van der Waals surface area contributed by atoms with Gasteiger partial charge in [-0.15, -0.1) is 0 Å². The van der Waals surface area contributed by atoms with Crippen molar-refractivity contribution in [2.75, 3.05) is 0 Å². The van der Waals surface area contributed by atoms with E-state index in [4.69, 9.17) is 0 Å². The lowest BCUT2D eigenvalue weighted by Gasteiger charge is -2.57. The highest BCUT2D eigenvalue weighted by molar-refractivity contribution is 5.40. The normalized spacial score (nSPS) is 47.8. The summed E-state index contributed by atoms with van der Waals surface area (Å²) < 4.78 is 0. The molecule has 3 saturated carbocycles. The van der Waals surface area contributed by atoms with Crippen LogP contribution in [-0.4, -0.2) is 16.0 Å². The van der Waals surface area contributed by atoms with Crippen LogP contribution in [0.5, 0.6) is 0 Å². The summed E-state index contributed by atoms with van der Waals surface area (Å²) in [5.74, 6) is -0.527. The third-order valence-electron chi connectivity index (χ3n) is 7.54. The Kier molecular flexibility index (Phi) is 2.83. The van der Waals surface area contributed by atoms with Gasteiger partial charge in [-0.1, -0.05) is 43.6 Å². The van der Waals surface area contributed by atoms with Crippen molar-refractivity contribution in [3.8, 4) is 0 Å². The summed E-state index contributed by atoms with van der Waals surface area (Å²) in [5.41, 5.74) is 2.81. The van der Waals surface area contributed by atoms with Gasteiger partial charge in [-0.05, 0) is 55.8 Å². The summed E-state index contributed by atoms with van der Waals surface area (Å²) >= 11 is 0. The van der Waals surface area contributed by atoms with E-state index in [9.17, 15) is 10.2 Å². The molecule has 3 fully saturated rings. The third kappa shape index (κ3) is 1.66. The predicted molar refractivity (Wildman–Crippen MR) is 83.5 cm³/mol. The molecule has 4 aliphatic carbocycles. The second-order valence-electron chi connectivity index (χ2n) is 8.42. The molecule has 2 heteroatoms. The van der Waals surface area contributed by atoms with Crippen LogP contribution in [0.3, 0.4) is 0 Å². The SMILES string of the molecule is C[C@@]12CCC[C@H]1C1=CC=C3CCCC(O)(O)[C@]3(C)[C@H]1CC2. The van der Waals surface area contributed by atoms with E-state index in [1.54, 1.807) is 0 Å². The molecule has 0 saturated heterocycles. The summed E-state index contributed by atoms with van der Waals surface area (Å²) in [6.45, 7) is 4.57. The van der Waals surface area contributed by atoms with Gasteiger partial charge in [0.25, 0.3) is 0 Å². The first-order chi connectivity index (χ1) is 9.88. The van der Waals surface area contributed by atoms with E-state index < -0.39 is 11.2 Å². The molecule has 0 heterocycles. The number of hydrogen-bond donors (Lipinski definition) is 2. The second kappa shape index (κ2) is 4.23. The topological polar surface area (TPSA) is 40.5 Å². The van der Waals surface area contributed by atoms with Gasteiger partial charge in [0.2, 0.25) is 0 Å². The highest BCUT2D eigenvalue weighted by Gasteiger charge is 2.60. The van der Waals surface area contributed by atoms with Gasteiger partial charge in [-0.25, -0.2) is 0 Å². The number of fused-ring (bicyclic) bond motifs is 5. The van der Waals surface area contributed by atoms with E-state index in [0.29, 0.717) is 23.7 Å². The molecule has 4 atom stereocenters. The Balaban J connectivity index is 1.81. The zero-order chi connectivity index (χ0) is 14.9. The predicted octanol–water partition coefficient (Wildman–Crippen LogP) is 3.94. The van der Waals surface area contributed by atoms with Crippen molar-refractivity contribution < 1.29 is 10.2 Å². The van der Waals surface area contributed by atoms with Crippen LogP contribution in [0.4, 0.5) is 0 Å². The minimum atomic E-state index is -1.53. The maximum atomic E-state index is 10.8. The first kappa shape index (κ1) is 14.0. The average molecular weight is 288 g/mol. The van der Waals surface area contributed by atoms with Crippen LogP contribution in [-0.2, 0) is 0 Å². The van der Waals surface area contributed by atoms with Crippen LogP contribution in [0.25, 0.3) is 0 Å². The number of hydrogen-bond acceptors (Lipinski definition) is 2. The van der Waals surface area contributed by atoms with Crippen LogP contribution in [0.1, 0.15) is 65.2 Å². The standard InChI is InChI=1S/C19H28O2/c1-17-10-4-6-15(17)14-8-7-13-5-3-11-19(20,21)18(13,2)16(14)9-12-17/h7-8,15-16,20-21H,3-6,9-12H2,1-2H3/t15-,16-,17-,18-/m0/s1. The van der Waals surface area contributed by atoms with Crippen molar-refractivity contribution in [2.45, 2.75) is 71.0 Å². The zero-order valence-electron chi connectivity index (χ0n) is 13.4. The number of rotatable bonds is 0. The quantitative estimate of drug-likeness (QED) is 0.663. The van der Waals surface area contributed by atoms with Gasteiger partial charge in [-0.2, -0.15) is 0 Å². The van der Waals surface area contributed by atoms with Crippen molar-refractivity contribution in [1.82, 2.24) is 0 Å². The minimum Gasteiger partial charge on any atom is -0.365 e. The number of aliphatic hydroxyl groups is 2. The smallest absolute Gasteiger partial charge is 0.172 e. The van der Waals surface area contributed by atoms with Crippen molar-refractivity contribution in [3.05, 3.63) is 23.3 Å². The minimum absolute atomic E-state index is 0.337. The van der Waals surface area contributed by atoms with Gasteiger partial charge in [0.05, 0.1) is 0 Å².